The van der Waals surface area contributed by atoms with Crippen LogP contribution in [0, 0.1) is 21.4 Å². The van der Waals surface area contributed by atoms with Crippen molar-refractivity contribution in [2.45, 2.75) is 32.4 Å². The van der Waals surface area contributed by atoms with Gasteiger partial charge < -0.3 is 5.32 Å². The Bertz CT molecular complexity index is 471. The van der Waals surface area contributed by atoms with Crippen LogP contribution in [0.25, 0.3) is 0 Å². The second kappa shape index (κ2) is 7.09. The molecule has 1 N–H and O–H groups in total. The number of nitriles is 1. The summed E-state index contributed by atoms with van der Waals surface area (Å²) in [6.07, 6.45) is 1.22. The number of nitro benzene ring substituents is 1. The molecule has 0 saturated carbocycles. The minimum atomic E-state index is -0.396. The van der Waals surface area contributed by atoms with E-state index in [0.29, 0.717) is 23.0 Å². The highest BCUT2D eigenvalue weighted by atomic mass is 79.9. The topological polar surface area (TPSA) is 79.0 Å². The van der Waals surface area contributed by atoms with Crippen molar-refractivity contribution in [1.82, 2.24) is 5.32 Å². The van der Waals surface area contributed by atoms with Crippen LogP contribution in [0.1, 0.15) is 25.3 Å². The van der Waals surface area contributed by atoms with Crippen molar-refractivity contribution in [1.29, 1.82) is 5.26 Å². The molecule has 0 radical (unpaired) electrons. The molecule has 1 aromatic carbocycles. The van der Waals surface area contributed by atoms with E-state index < -0.39 is 4.92 Å². The third-order valence-electron chi connectivity index (χ3n) is 2.66. The maximum absolute atomic E-state index is 10.9. The van der Waals surface area contributed by atoms with Gasteiger partial charge in [-0.05, 0) is 18.6 Å². The fraction of sp³-hybridized carbons (Fsp3) is 0.417. The number of benzene rings is 1. The molecule has 1 atom stereocenters. The van der Waals surface area contributed by atoms with E-state index in [0.717, 1.165) is 6.42 Å². The molecule has 5 nitrogen and oxygen atoms in total. The van der Waals surface area contributed by atoms with E-state index in [2.05, 4.69) is 27.3 Å². The molecule has 0 aliphatic carbocycles. The summed E-state index contributed by atoms with van der Waals surface area (Å²) < 4.78 is 0.682. The molecule has 0 bridgehead atoms. The molecular formula is C12H14BrN3O2. The third-order valence-corrected chi connectivity index (χ3v) is 3.15. The van der Waals surface area contributed by atoms with Gasteiger partial charge in [0.25, 0.3) is 5.69 Å². The van der Waals surface area contributed by atoms with Gasteiger partial charge in [-0.15, -0.1) is 0 Å². The molecule has 1 aromatic rings. The van der Waals surface area contributed by atoms with Crippen LogP contribution in [0.5, 0.6) is 0 Å². The number of hydrogen-bond acceptors (Lipinski definition) is 4. The van der Waals surface area contributed by atoms with Gasteiger partial charge in [0, 0.05) is 28.7 Å². The van der Waals surface area contributed by atoms with Gasteiger partial charge in [-0.1, -0.05) is 22.9 Å². The summed E-state index contributed by atoms with van der Waals surface area (Å²) in [4.78, 5) is 10.5. The molecule has 0 heterocycles. The van der Waals surface area contributed by atoms with Gasteiger partial charge in [0.1, 0.15) is 0 Å². The molecular weight excluding hydrogens is 298 g/mol. The fourth-order valence-corrected chi connectivity index (χ4v) is 1.93. The molecule has 0 amide bonds. The first-order valence-electron chi connectivity index (χ1n) is 5.61. The normalized spacial score (nSPS) is 11.8. The number of nitrogens with one attached hydrogen (secondary N) is 1. The quantitative estimate of drug-likeness (QED) is 0.646. The Morgan fingerprint density at radius 1 is 1.61 bits per heavy atom. The van der Waals surface area contributed by atoms with Crippen LogP contribution >= 0.6 is 15.9 Å². The lowest BCUT2D eigenvalue weighted by Crippen LogP contribution is -2.27. The zero-order valence-corrected chi connectivity index (χ0v) is 11.6. The smallest absolute Gasteiger partial charge is 0.275 e. The second-order valence-electron chi connectivity index (χ2n) is 3.88. The van der Waals surface area contributed by atoms with Crippen molar-refractivity contribution in [3.8, 4) is 6.07 Å². The summed E-state index contributed by atoms with van der Waals surface area (Å²) >= 11 is 3.22. The van der Waals surface area contributed by atoms with Gasteiger partial charge >= 0.3 is 0 Å². The number of rotatable bonds is 6. The van der Waals surface area contributed by atoms with Gasteiger partial charge in [-0.25, -0.2) is 0 Å². The molecule has 18 heavy (non-hydrogen) atoms. The van der Waals surface area contributed by atoms with Gasteiger partial charge in [-0.3, -0.25) is 10.1 Å². The Balaban J connectivity index is 2.78. The van der Waals surface area contributed by atoms with E-state index in [1.54, 1.807) is 12.1 Å². The lowest BCUT2D eigenvalue weighted by Gasteiger charge is -2.13. The lowest BCUT2D eigenvalue weighted by atomic mass is 10.1. The van der Waals surface area contributed by atoms with Crippen LogP contribution in [0.4, 0.5) is 5.69 Å². The van der Waals surface area contributed by atoms with E-state index in [1.165, 1.54) is 6.07 Å². The Labute approximate surface area is 114 Å². The Morgan fingerprint density at radius 2 is 2.33 bits per heavy atom. The summed E-state index contributed by atoms with van der Waals surface area (Å²) in [6.45, 7) is 2.37. The fourth-order valence-electron chi connectivity index (χ4n) is 1.58. The molecule has 6 heteroatoms. The average Bonchev–Trinajstić information content (AvgIpc) is 2.35. The molecule has 0 fully saturated rings. The SMILES string of the molecule is CCC(CC#N)NCc1ccc(Br)cc1[N+](=O)[O-]. The highest BCUT2D eigenvalue weighted by Crippen LogP contribution is 2.23. The van der Waals surface area contributed by atoms with Crippen molar-refractivity contribution in [2.75, 3.05) is 0 Å². The Kier molecular flexibility index (Phi) is 5.75. The van der Waals surface area contributed by atoms with Crippen LogP contribution < -0.4 is 5.32 Å². The van der Waals surface area contributed by atoms with Crippen LogP contribution in [0.2, 0.25) is 0 Å². The zero-order chi connectivity index (χ0) is 13.5. The van der Waals surface area contributed by atoms with Gasteiger partial charge in [-0.2, -0.15) is 5.26 Å². The number of nitro groups is 1. The van der Waals surface area contributed by atoms with Gasteiger partial charge in [0.15, 0.2) is 0 Å². The molecule has 0 aromatic heterocycles. The minimum Gasteiger partial charge on any atom is -0.309 e. The average molecular weight is 312 g/mol. The monoisotopic (exact) mass is 311 g/mol. The molecule has 1 unspecified atom stereocenters. The molecule has 1 rings (SSSR count). The Hall–Kier alpha value is -1.45. The minimum absolute atomic E-state index is 0.0678. The predicted molar refractivity (Wildman–Crippen MR) is 71.9 cm³/mol. The highest BCUT2D eigenvalue weighted by Gasteiger charge is 2.15. The van der Waals surface area contributed by atoms with Gasteiger partial charge in [0.05, 0.1) is 17.4 Å². The van der Waals surface area contributed by atoms with Crippen molar-refractivity contribution in [2.24, 2.45) is 0 Å². The van der Waals surface area contributed by atoms with Crippen molar-refractivity contribution in [3.63, 3.8) is 0 Å². The molecule has 0 aliphatic heterocycles. The molecule has 0 aliphatic rings. The molecule has 0 spiro atoms. The summed E-state index contributed by atoms with van der Waals surface area (Å²) in [6, 6.07) is 7.14. The van der Waals surface area contributed by atoms with E-state index >= 15 is 0 Å². The van der Waals surface area contributed by atoms with Crippen molar-refractivity contribution >= 4 is 21.6 Å². The zero-order valence-electron chi connectivity index (χ0n) is 10.0. The summed E-state index contributed by atoms with van der Waals surface area (Å²) in [7, 11) is 0. The summed E-state index contributed by atoms with van der Waals surface area (Å²) in [5, 5.41) is 22.7. The molecule has 0 saturated heterocycles. The van der Waals surface area contributed by atoms with E-state index in [9.17, 15) is 10.1 Å². The van der Waals surface area contributed by atoms with E-state index in [1.807, 2.05) is 6.92 Å². The standard InChI is InChI=1S/C12H14BrN3O2/c1-2-11(5-6-14)15-8-9-3-4-10(13)7-12(9)16(17)18/h3-4,7,11,15H,2,5,8H2,1H3. The maximum atomic E-state index is 10.9. The van der Waals surface area contributed by atoms with Crippen molar-refractivity contribution < 1.29 is 4.92 Å². The van der Waals surface area contributed by atoms with Crippen LogP contribution in [0.15, 0.2) is 22.7 Å². The predicted octanol–water partition coefficient (Wildman–Crippen LogP) is 3.14. The number of nitrogens with zero attached hydrogens (tertiary/aromatic N) is 2. The maximum Gasteiger partial charge on any atom is 0.275 e. The number of hydrogen-bond donors (Lipinski definition) is 1. The highest BCUT2D eigenvalue weighted by molar-refractivity contribution is 9.10. The first kappa shape index (κ1) is 14.6. The van der Waals surface area contributed by atoms with Crippen LogP contribution in [0.3, 0.4) is 0 Å². The van der Waals surface area contributed by atoms with Gasteiger partial charge in [0.2, 0.25) is 0 Å². The van der Waals surface area contributed by atoms with E-state index in [-0.39, 0.29) is 11.7 Å². The van der Waals surface area contributed by atoms with Crippen molar-refractivity contribution in [3.05, 3.63) is 38.3 Å². The second-order valence-corrected chi connectivity index (χ2v) is 4.79. The first-order chi connectivity index (χ1) is 8.58. The third kappa shape index (κ3) is 4.09. The molecule has 96 valence electrons. The van der Waals surface area contributed by atoms with Crippen LogP contribution in [-0.4, -0.2) is 11.0 Å². The summed E-state index contributed by atoms with van der Waals surface area (Å²) in [5.74, 6) is 0. The number of halogens is 1. The van der Waals surface area contributed by atoms with Crippen LogP contribution in [-0.2, 0) is 6.54 Å². The summed E-state index contributed by atoms with van der Waals surface area (Å²) in [5.41, 5.74) is 0.711. The largest absolute Gasteiger partial charge is 0.309 e. The van der Waals surface area contributed by atoms with E-state index in [4.69, 9.17) is 5.26 Å². The first-order valence-corrected chi connectivity index (χ1v) is 6.41. The Morgan fingerprint density at radius 3 is 2.89 bits per heavy atom. The lowest BCUT2D eigenvalue weighted by molar-refractivity contribution is -0.385.